The molecule has 1 saturated carbocycles. The van der Waals surface area contributed by atoms with E-state index in [4.69, 9.17) is 4.42 Å². The predicted molar refractivity (Wildman–Crippen MR) is 112 cm³/mol. The number of hydrogen-bond donors (Lipinski definition) is 1. The van der Waals surface area contributed by atoms with Gasteiger partial charge in [-0.1, -0.05) is 13.0 Å². The number of benzene rings is 1. The molecule has 3 aromatic rings. The molecule has 2 bridgehead atoms. The number of likely N-dealkylation sites (tertiary alicyclic amines) is 1. The molecular formula is C22H26N6O2. The monoisotopic (exact) mass is 406 g/mol. The lowest BCUT2D eigenvalue weighted by Gasteiger charge is -2.61. The zero-order chi connectivity index (χ0) is 21.0. The Morgan fingerprint density at radius 1 is 1.23 bits per heavy atom. The smallest absolute Gasteiger partial charge is 0.323 e. The van der Waals surface area contributed by atoms with Crippen LogP contribution in [-0.4, -0.2) is 37.0 Å². The summed E-state index contributed by atoms with van der Waals surface area (Å²) in [6.45, 7) is 6.05. The standard InChI is InChI=1S/C22H26N6O2/c1-13-9-17-12-22(11-13,20-25-24-15(3)30-20)28(17)21(29)23-16-6-5-14(2)18(10-16)19-7-8-27(4)26-19/h5-8,10,13,17H,9,11-12H2,1-4H3,(H,23,29)/t13-,17?,22?/m0/s1. The molecule has 30 heavy (non-hydrogen) atoms. The molecule has 1 aliphatic heterocycles. The van der Waals surface area contributed by atoms with E-state index in [9.17, 15) is 4.79 Å². The second kappa shape index (κ2) is 6.68. The van der Waals surface area contributed by atoms with E-state index in [0.717, 1.165) is 41.8 Å². The van der Waals surface area contributed by atoms with Crippen LogP contribution in [0.3, 0.4) is 0 Å². The van der Waals surface area contributed by atoms with E-state index in [1.165, 1.54) is 0 Å². The van der Waals surface area contributed by atoms with Gasteiger partial charge in [-0.2, -0.15) is 5.10 Å². The average molecular weight is 406 g/mol. The second-order valence-electron chi connectivity index (χ2n) is 8.77. The summed E-state index contributed by atoms with van der Waals surface area (Å²) in [5.41, 5.74) is 3.26. The number of hydrogen-bond acceptors (Lipinski definition) is 5. The highest BCUT2D eigenvalue weighted by molar-refractivity contribution is 5.92. The third kappa shape index (κ3) is 2.89. The second-order valence-corrected chi connectivity index (χ2v) is 8.77. The fourth-order valence-electron chi connectivity index (χ4n) is 5.15. The molecule has 1 N–H and O–H groups in total. The van der Waals surface area contributed by atoms with Crippen molar-refractivity contribution in [3.05, 3.63) is 47.8 Å². The number of rotatable bonds is 3. The Bertz CT molecular complexity index is 1120. The number of aromatic nitrogens is 4. The fourth-order valence-corrected chi connectivity index (χ4v) is 5.15. The van der Waals surface area contributed by atoms with Crippen molar-refractivity contribution in [3.8, 4) is 11.3 Å². The van der Waals surface area contributed by atoms with Crippen LogP contribution in [0.2, 0.25) is 0 Å². The van der Waals surface area contributed by atoms with Gasteiger partial charge in [0.25, 0.3) is 0 Å². The van der Waals surface area contributed by atoms with Gasteiger partial charge in [-0.3, -0.25) is 4.68 Å². The molecule has 3 atom stereocenters. The summed E-state index contributed by atoms with van der Waals surface area (Å²) in [6, 6.07) is 7.97. The molecule has 8 nitrogen and oxygen atoms in total. The van der Waals surface area contributed by atoms with Gasteiger partial charge in [0.05, 0.1) is 5.69 Å². The van der Waals surface area contributed by atoms with Crippen LogP contribution in [0.5, 0.6) is 0 Å². The first-order chi connectivity index (χ1) is 14.4. The van der Waals surface area contributed by atoms with E-state index in [-0.39, 0.29) is 12.1 Å². The minimum Gasteiger partial charge on any atom is -0.423 e. The molecule has 2 fully saturated rings. The van der Waals surface area contributed by atoms with Gasteiger partial charge in [0.2, 0.25) is 11.8 Å². The lowest BCUT2D eigenvalue weighted by Crippen LogP contribution is -2.70. The zero-order valence-electron chi connectivity index (χ0n) is 17.7. The number of carbonyl (C=O) groups is 1. The fraction of sp³-hybridized carbons (Fsp3) is 0.455. The molecule has 1 aliphatic carbocycles. The summed E-state index contributed by atoms with van der Waals surface area (Å²) in [5.74, 6) is 1.59. The summed E-state index contributed by atoms with van der Waals surface area (Å²) in [5, 5.41) is 15.9. The van der Waals surface area contributed by atoms with Crippen molar-refractivity contribution in [1.29, 1.82) is 0 Å². The number of fused-ring (bicyclic) bond motifs is 2. The number of carbonyl (C=O) groups excluding carboxylic acids is 1. The lowest BCUT2D eigenvalue weighted by molar-refractivity contribution is -0.110. The first kappa shape index (κ1) is 18.8. The number of piperidine rings is 1. The maximum absolute atomic E-state index is 13.3. The summed E-state index contributed by atoms with van der Waals surface area (Å²) >= 11 is 0. The van der Waals surface area contributed by atoms with Crippen molar-refractivity contribution in [2.75, 3.05) is 5.32 Å². The molecule has 0 spiro atoms. The molecule has 156 valence electrons. The number of aryl methyl sites for hydroxylation is 3. The number of anilines is 1. The van der Waals surface area contributed by atoms with Gasteiger partial charge < -0.3 is 14.6 Å². The molecule has 2 unspecified atom stereocenters. The van der Waals surface area contributed by atoms with Gasteiger partial charge in [0.1, 0.15) is 5.54 Å². The van der Waals surface area contributed by atoms with Crippen molar-refractivity contribution in [2.45, 2.75) is 51.6 Å². The highest BCUT2D eigenvalue weighted by Gasteiger charge is 2.62. The van der Waals surface area contributed by atoms with Crippen LogP contribution in [0, 0.1) is 19.8 Å². The van der Waals surface area contributed by atoms with Gasteiger partial charge in [0.15, 0.2) is 0 Å². The number of urea groups is 1. The van der Waals surface area contributed by atoms with Crippen LogP contribution in [0.1, 0.15) is 43.5 Å². The Morgan fingerprint density at radius 2 is 2.07 bits per heavy atom. The van der Waals surface area contributed by atoms with Crippen molar-refractivity contribution < 1.29 is 9.21 Å². The lowest BCUT2D eigenvalue weighted by atomic mass is 9.64. The topological polar surface area (TPSA) is 89.1 Å². The van der Waals surface area contributed by atoms with E-state index in [1.807, 2.05) is 49.3 Å². The highest BCUT2D eigenvalue weighted by atomic mass is 16.4. The minimum atomic E-state index is -0.498. The van der Waals surface area contributed by atoms with Crippen LogP contribution in [0.25, 0.3) is 11.3 Å². The minimum absolute atomic E-state index is 0.121. The zero-order valence-corrected chi connectivity index (χ0v) is 17.7. The average Bonchev–Trinajstić information content (AvgIpc) is 3.31. The summed E-state index contributed by atoms with van der Waals surface area (Å²) in [4.78, 5) is 15.3. The maximum Gasteiger partial charge on any atom is 0.323 e. The molecule has 1 aromatic carbocycles. The summed E-state index contributed by atoms with van der Waals surface area (Å²) in [7, 11) is 1.90. The van der Waals surface area contributed by atoms with Crippen molar-refractivity contribution in [1.82, 2.24) is 24.9 Å². The van der Waals surface area contributed by atoms with Gasteiger partial charge in [-0.05, 0) is 49.4 Å². The van der Waals surface area contributed by atoms with E-state index in [0.29, 0.717) is 17.7 Å². The van der Waals surface area contributed by atoms with E-state index in [1.54, 1.807) is 11.6 Å². The van der Waals surface area contributed by atoms with Crippen LogP contribution in [0.15, 0.2) is 34.9 Å². The Labute approximate surface area is 175 Å². The SMILES string of the molecule is Cc1nnc(C23CC(C[C@H](C)C2)N3C(=O)Nc2ccc(C)c(-c3ccn(C)n3)c2)o1. The number of amides is 2. The van der Waals surface area contributed by atoms with E-state index >= 15 is 0 Å². The van der Waals surface area contributed by atoms with Crippen LogP contribution in [-0.2, 0) is 12.6 Å². The number of nitrogens with one attached hydrogen (secondary N) is 1. The van der Waals surface area contributed by atoms with E-state index < -0.39 is 5.54 Å². The molecular weight excluding hydrogens is 380 g/mol. The highest BCUT2D eigenvalue weighted by Crippen LogP contribution is 2.55. The van der Waals surface area contributed by atoms with Crippen LogP contribution >= 0.6 is 0 Å². The van der Waals surface area contributed by atoms with E-state index in [2.05, 4.69) is 27.5 Å². The van der Waals surface area contributed by atoms with Crippen LogP contribution in [0.4, 0.5) is 10.5 Å². The number of nitrogens with zero attached hydrogens (tertiary/aromatic N) is 5. The molecule has 1 saturated heterocycles. The van der Waals surface area contributed by atoms with Crippen molar-refractivity contribution >= 4 is 11.7 Å². The van der Waals surface area contributed by atoms with Gasteiger partial charge >= 0.3 is 6.03 Å². The van der Waals surface area contributed by atoms with Crippen molar-refractivity contribution in [2.24, 2.45) is 13.0 Å². The Balaban J connectivity index is 1.43. The first-order valence-corrected chi connectivity index (χ1v) is 10.4. The first-order valence-electron chi connectivity index (χ1n) is 10.4. The molecule has 2 amide bonds. The normalized spacial score (nSPS) is 25.1. The quantitative estimate of drug-likeness (QED) is 0.710. The Hall–Kier alpha value is -3.16. The third-order valence-corrected chi connectivity index (χ3v) is 6.38. The maximum atomic E-state index is 13.3. The Kier molecular flexibility index (Phi) is 4.20. The third-order valence-electron chi connectivity index (χ3n) is 6.38. The summed E-state index contributed by atoms with van der Waals surface area (Å²) < 4.78 is 7.56. The summed E-state index contributed by atoms with van der Waals surface area (Å²) in [6.07, 6.45) is 4.62. The van der Waals surface area contributed by atoms with Crippen LogP contribution < -0.4 is 5.32 Å². The molecule has 5 rings (SSSR count). The molecule has 2 aromatic heterocycles. The largest absolute Gasteiger partial charge is 0.423 e. The molecule has 3 heterocycles. The van der Waals surface area contributed by atoms with Gasteiger partial charge in [0, 0.05) is 43.9 Å². The van der Waals surface area contributed by atoms with Gasteiger partial charge in [-0.15, -0.1) is 10.2 Å². The van der Waals surface area contributed by atoms with Gasteiger partial charge in [-0.25, -0.2) is 4.79 Å². The molecule has 8 heteroatoms. The molecule has 2 aliphatic rings. The van der Waals surface area contributed by atoms with Crippen molar-refractivity contribution in [3.63, 3.8) is 0 Å². The predicted octanol–water partition coefficient (Wildman–Crippen LogP) is 4.02. The molecule has 0 radical (unpaired) electrons. The Morgan fingerprint density at radius 3 is 2.77 bits per heavy atom.